The molecule has 0 amide bonds. The monoisotopic (exact) mass is 279 g/mol. The number of hydrogen-bond acceptors (Lipinski definition) is 4. The average molecular weight is 279 g/mol. The first kappa shape index (κ1) is 12.3. The minimum atomic E-state index is -0.456. The van der Waals surface area contributed by atoms with E-state index in [0.29, 0.717) is 0 Å². The standard InChI is InChI=1S/C16H17N5/c17-16(21-11-13-3-1-2-4-15(13)19-21)7-10-20(12-16)14-5-8-18-9-6-14/h1-6,8-9,11H,7,10,12,17H2. The van der Waals surface area contributed by atoms with E-state index in [1.807, 2.05) is 53.6 Å². The van der Waals surface area contributed by atoms with Crippen molar-refractivity contribution in [2.75, 3.05) is 18.0 Å². The molecule has 0 radical (unpaired) electrons. The number of rotatable bonds is 2. The van der Waals surface area contributed by atoms with Gasteiger partial charge in [0.1, 0.15) is 5.66 Å². The fourth-order valence-electron chi connectivity index (χ4n) is 2.97. The molecular formula is C16H17N5. The second kappa shape index (κ2) is 4.56. The summed E-state index contributed by atoms with van der Waals surface area (Å²) < 4.78 is 1.93. The van der Waals surface area contributed by atoms with E-state index in [1.165, 1.54) is 0 Å². The van der Waals surface area contributed by atoms with Gasteiger partial charge >= 0.3 is 0 Å². The van der Waals surface area contributed by atoms with Crippen LogP contribution in [0.15, 0.2) is 55.0 Å². The Morgan fingerprint density at radius 2 is 1.90 bits per heavy atom. The maximum atomic E-state index is 6.62. The van der Waals surface area contributed by atoms with E-state index in [-0.39, 0.29) is 0 Å². The molecule has 3 heterocycles. The maximum absolute atomic E-state index is 6.62. The Kier molecular flexibility index (Phi) is 2.68. The predicted octanol–water partition coefficient (Wildman–Crippen LogP) is 1.95. The SMILES string of the molecule is NC1(n2cc3ccccc3n2)CCN(c2ccncc2)C1. The second-order valence-corrected chi connectivity index (χ2v) is 5.61. The van der Waals surface area contributed by atoms with Crippen LogP contribution in [0.2, 0.25) is 0 Å². The largest absolute Gasteiger partial charge is 0.367 e. The summed E-state index contributed by atoms with van der Waals surface area (Å²) in [4.78, 5) is 6.35. The van der Waals surface area contributed by atoms with Crippen molar-refractivity contribution in [2.24, 2.45) is 5.73 Å². The summed E-state index contributed by atoms with van der Waals surface area (Å²) in [5.41, 5.74) is 8.31. The van der Waals surface area contributed by atoms with Crippen LogP contribution in [-0.2, 0) is 5.66 Å². The number of fused-ring (bicyclic) bond motifs is 1. The highest BCUT2D eigenvalue weighted by molar-refractivity contribution is 5.77. The van der Waals surface area contributed by atoms with Gasteiger partial charge in [0, 0.05) is 42.6 Å². The van der Waals surface area contributed by atoms with Crippen molar-refractivity contribution in [1.29, 1.82) is 0 Å². The van der Waals surface area contributed by atoms with Crippen LogP contribution in [0.5, 0.6) is 0 Å². The zero-order valence-corrected chi connectivity index (χ0v) is 11.7. The normalized spacial score (nSPS) is 22.0. The van der Waals surface area contributed by atoms with E-state index in [9.17, 15) is 0 Å². The van der Waals surface area contributed by atoms with Crippen molar-refractivity contribution in [2.45, 2.75) is 12.1 Å². The highest BCUT2D eigenvalue weighted by Crippen LogP contribution is 2.29. The number of benzene rings is 1. The number of nitrogens with two attached hydrogens (primary N) is 1. The third-order valence-corrected chi connectivity index (χ3v) is 4.18. The van der Waals surface area contributed by atoms with Crippen molar-refractivity contribution >= 4 is 16.6 Å². The van der Waals surface area contributed by atoms with Gasteiger partial charge < -0.3 is 10.6 Å². The van der Waals surface area contributed by atoms with Gasteiger partial charge in [-0.1, -0.05) is 18.2 Å². The van der Waals surface area contributed by atoms with E-state index in [0.717, 1.165) is 36.1 Å². The molecule has 1 aliphatic heterocycles. The molecule has 3 aromatic rings. The Balaban J connectivity index is 1.66. The molecule has 0 aliphatic carbocycles. The minimum Gasteiger partial charge on any atom is -0.367 e. The summed E-state index contributed by atoms with van der Waals surface area (Å²) >= 11 is 0. The number of pyridine rings is 1. The molecule has 1 fully saturated rings. The van der Waals surface area contributed by atoms with E-state index < -0.39 is 5.66 Å². The van der Waals surface area contributed by atoms with Crippen LogP contribution in [0, 0.1) is 0 Å². The number of hydrogen-bond donors (Lipinski definition) is 1. The molecule has 106 valence electrons. The lowest BCUT2D eigenvalue weighted by atomic mass is 10.1. The Bertz CT molecular complexity index is 733. The van der Waals surface area contributed by atoms with Gasteiger partial charge in [-0.3, -0.25) is 4.98 Å². The highest BCUT2D eigenvalue weighted by atomic mass is 15.4. The lowest BCUT2D eigenvalue weighted by Gasteiger charge is -2.26. The molecule has 0 bridgehead atoms. The van der Waals surface area contributed by atoms with Gasteiger partial charge in [-0.25, -0.2) is 4.68 Å². The topological polar surface area (TPSA) is 60.0 Å². The molecule has 1 saturated heterocycles. The highest BCUT2D eigenvalue weighted by Gasteiger charge is 2.37. The molecule has 21 heavy (non-hydrogen) atoms. The summed E-state index contributed by atoms with van der Waals surface area (Å²) in [6.45, 7) is 1.68. The van der Waals surface area contributed by atoms with Gasteiger partial charge in [-0.05, 0) is 18.2 Å². The van der Waals surface area contributed by atoms with Gasteiger partial charge in [0.05, 0.1) is 12.1 Å². The Labute approximate surface area is 123 Å². The summed E-state index contributed by atoms with van der Waals surface area (Å²) in [5, 5.41) is 5.78. The Morgan fingerprint density at radius 3 is 2.71 bits per heavy atom. The quantitative estimate of drug-likeness (QED) is 0.779. The van der Waals surface area contributed by atoms with Gasteiger partial charge in [0.25, 0.3) is 0 Å². The fraction of sp³-hybridized carbons (Fsp3) is 0.250. The maximum Gasteiger partial charge on any atom is 0.129 e. The van der Waals surface area contributed by atoms with Crippen LogP contribution < -0.4 is 10.6 Å². The summed E-state index contributed by atoms with van der Waals surface area (Å²) in [6.07, 6.45) is 6.55. The summed E-state index contributed by atoms with van der Waals surface area (Å²) in [5.74, 6) is 0. The molecule has 1 atom stereocenters. The van der Waals surface area contributed by atoms with E-state index in [2.05, 4.69) is 21.0 Å². The van der Waals surface area contributed by atoms with Crippen LogP contribution in [0.4, 0.5) is 5.69 Å². The molecule has 5 nitrogen and oxygen atoms in total. The lowest BCUT2D eigenvalue weighted by molar-refractivity contribution is 0.302. The van der Waals surface area contributed by atoms with Crippen LogP contribution >= 0.6 is 0 Å². The van der Waals surface area contributed by atoms with Crippen LogP contribution in [0.3, 0.4) is 0 Å². The number of nitrogens with zero attached hydrogens (tertiary/aromatic N) is 4. The Hall–Kier alpha value is -2.40. The van der Waals surface area contributed by atoms with E-state index in [4.69, 9.17) is 5.73 Å². The molecule has 1 aromatic carbocycles. The summed E-state index contributed by atoms with van der Waals surface area (Å²) in [6, 6.07) is 12.1. The number of anilines is 1. The molecule has 0 spiro atoms. The molecule has 1 aliphatic rings. The van der Waals surface area contributed by atoms with Crippen molar-refractivity contribution in [3.05, 3.63) is 55.0 Å². The van der Waals surface area contributed by atoms with Crippen molar-refractivity contribution < 1.29 is 0 Å². The summed E-state index contributed by atoms with van der Waals surface area (Å²) in [7, 11) is 0. The first-order valence-corrected chi connectivity index (χ1v) is 7.13. The first-order valence-electron chi connectivity index (χ1n) is 7.13. The molecular weight excluding hydrogens is 262 g/mol. The van der Waals surface area contributed by atoms with Crippen LogP contribution in [0.25, 0.3) is 10.9 Å². The zero-order valence-electron chi connectivity index (χ0n) is 11.7. The lowest BCUT2D eigenvalue weighted by Crippen LogP contribution is -2.46. The Morgan fingerprint density at radius 1 is 1.10 bits per heavy atom. The van der Waals surface area contributed by atoms with Gasteiger partial charge in [0.15, 0.2) is 0 Å². The van der Waals surface area contributed by atoms with E-state index in [1.54, 1.807) is 0 Å². The molecule has 4 rings (SSSR count). The van der Waals surface area contributed by atoms with Crippen LogP contribution in [-0.4, -0.2) is 27.9 Å². The fourth-order valence-corrected chi connectivity index (χ4v) is 2.97. The second-order valence-electron chi connectivity index (χ2n) is 5.61. The molecule has 1 unspecified atom stereocenters. The van der Waals surface area contributed by atoms with Crippen molar-refractivity contribution in [3.63, 3.8) is 0 Å². The molecule has 2 aromatic heterocycles. The zero-order chi connectivity index (χ0) is 14.3. The molecule has 0 saturated carbocycles. The van der Waals surface area contributed by atoms with Crippen molar-refractivity contribution in [3.8, 4) is 0 Å². The first-order chi connectivity index (χ1) is 10.2. The van der Waals surface area contributed by atoms with Gasteiger partial charge in [-0.2, -0.15) is 5.10 Å². The molecule has 5 heteroatoms. The third kappa shape index (κ3) is 2.06. The average Bonchev–Trinajstić information content (AvgIpc) is 3.13. The third-order valence-electron chi connectivity index (χ3n) is 4.18. The van der Waals surface area contributed by atoms with E-state index >= 15 is 0 Å². The van der Waals surface area contributed by atoms with Crippen molar-refractivity contribution in [1.82, 2.24) is 14.8 Å². The van der Waals surface area contributed by atoms with Gasteiger partial charge in [0.2, 0.25) is 0 Å². The predicted molar refractivity (Wildman–Crippen MR) is 83.0 cm³/mol. The van der Waals surface area contributed by atoms with Gasteiger partial charge in [-0.15, -0.1) is 0 Å². The smallest absolute Gasteiger partial charge is 0.129 e. The number of aromatic nitrogens is 3. The molecule has 2 N–H and O–H groups in total. The van der Waals surface area contributed by atoms with Crippen LogP contribution in [0.1, 0.15) is 6.42 Å². The minimum absolute atomic E-state index is 0.456.